The molecule has 124 valence electrons. The number of carbonyl (C=O) groups excluding carboxylic acids is 2. The van der Waals surface area contributed by atoms with Crippen LogP contribution in [0.2, 0.25) is 0 Å². The Bertz CT molecular complexity index is 979. The number of carbonyl (C=O) groups is 2. The van der Waals surface area contributed by atoms with Gasteiger partial charge in [0.25, 0.3) is 21.8 Å². The third kappa shape index (κ3) is 1.91. The Labute approximate surface area is 138 Å². The van der Waals surface area contributed by atoms with Crippen LogP contribution in [0.1, 0.15) is 32.7 Å². The molecule has 0 aliphatic carbocycles. The summed E-state index contributed by atoms with van der Waals surface area (Å²) in [6.07, 6.45) is 3.08. The summed E-state index contributed by atoms with van der Waals surface area (Å²) in [4.78, 5) is 25.0. The number of H-pyrrole nitrogens is 1. The van der Waals surface area contributed by atoms with Crippen molar-refractivity contribution in [3.05, 3.63) is 41.1 Å². The van der Waals surface area contributed by atoms with Gasteiger partial charge in [0, 0.05) is 19.2 Å². The Balaban J connectivity index is 1.81. The molecule has 0 radical (unpaired) electrons. The number of fused-ring (bicyclic) bond motifs is 2. The summed E-state index contributed by atoms with van der Waals surface area (Å²) in [5.74, 6) is -0.457. The van der Waals surface area contributed by atoms with E-state index >= 15 is 0 Å². The first kappa shape index (κ1) is 14.9. The zero-order valence-corrected chi connectivity index (χ0v) is 13.6. The van der Waals surface area contributed by atoms with Gasteiger partial charge < -0.3 is 0 Å². The van der Waals surface area contributed by atoms with Crippen LogP contribution in [0.5, 0.6) is 0 Å². The van der Waals surface area contributed by atoms with Crippen molar-refractivity contribution in [2.75, 3.05) is 17.9 Å². The fraction of sp³-hybridized carbons (Fsp3) is 0.267. The van der Waals surface area contributed by atoms with Crippen LogP contribution in [0.3, 0.4) is 0 Å². The van der Waals surface area contributed by atoms with E-state index in [1.54, 1.807) is 6.20 Å². The van der Waals surface area contributed by atoms with Gasteiger partial charge in [0.1, 0.15) is 5.82 Å². The lowest BCUT2D eigenvalue weighted by Gasteiger charge is -2.27. The van der Waals surface area contributed by atoms with E-state index in [1.165, 1.54) is 29.6 Å². The molecule has 1 aromatic heterocycles. The molecule has 0 saturated heterocycles. The Morgan fingerprint density at radius 2 is 1.92 bits per heavy atom. The summed E-state index contributed by atoms with van der Waals surface area (Å²) in [6, 6.07) is 4.03. The van der Waals surface area contributed by atoms with E-state index in [-0.39, 0.29) is 16.0 Å². The first-order valence-corrected chi connectivity index (χ1v) is 8.86. The van der Waals surface area contributed by atoms with Gasteiger partial charge in [0.05, 0.1) is 22.2 Å². The van der Waals surface area contributed by atoms with Crippen molar-refractivity contribution in [2.24, 2.45) is 0 Å². The number of rotatable bonds is 2. The van der Waals surface area contributed by atoms with E-state index in [1.807, 2.05) is 0 Å². The van der Waals surface area contributed by atoms with E-state index in [0.29, 0.717) is 18.8 Å². The number of imide groups is 1. The van der Waals surface area contributed by atoms with Crippen LogP contribution in [0.25, 0.3) is 0 Å². The summed E-state index contributed by atoms with van der Waals surface area (Å²) < 4.78 is 27.2. The predicted molar refractivity (Wildman–Crippen MR) is 84.3 cm³/mol. The van der Waals surface area contributed by atoms with Crippen molar-refractivity contribution in [1.29, 1.82) is 0 Å². The van der Waals surface area contributed by atoms with Gasteiger partial charge in [0.2, 0.25) is 0 Å². The van der Waals surface area contributed by atoms with Gasteiger partial charge in [-0.25, -0.2) is 12.7 Å². The smallest absolute Gasteiger partial charge is 0.265 e. The number of sulfonamides is 1. The van der Waals surface area contributed by atoms with Gasteiger partial charge in [-0.2, -0.15) is 5.10 Å². The molecule has 9 heteroatoms. The van der Waals surface area contributed by atoms with Crippen LogP contribution >= 0.6 is 0 Å². The number of amides is 2. The van der Waals surface area contributed by atoms with Crippen LogP contribution in [0.15, 0.2) is 29.3 Å². The van der Waals surface area contributed by atoms with E-state index < -0.39 is 21.8 Å². The lowest BCUT2D eigenvalue weighted by atomic mass is 10.1. The third-order valence-corrected chi connectivity index (χ3v) is 6.20. The van der Waals surface area contributed by atoms with E-state index in [9.17, 15) is 18.0 Å². The molecule has 4 rings (SSSR count). The van der Waals surface area contributed by atoms with Crippen molar-refractivity contribution in [2.45, 2.75) is 17.7 Å². The molecule has 0 bridgehead atoms. The minimum Gasteiger partial charge on any atom is -0.277 e. The highest BCUT2D eigenvalue weighted by atomic mass is 32.2. The number of anilines is 1. The summed E-state index contributed by atoms with van der Waals surface area (Å²) in [7, 11) is -2.47. The van der Waals surface area contributed by atoms with Crippen LogP contribution in [0.4, 0.5) is 5.82 Å². The highest BCUT2D eigenvalue weighted by Crippen LogP contribution is 2.31. The van der Waals surface area contributed by atoms with Crippen molar-refractivity contribution >= 4 is 27.7 Å². The molecule has 1 aromatic carbocycles. The molecule has 2 aliphatic heterocycles. The van der Waals surface area contributed by atoms with Crippen LogP contribution in [0, 0.1) is 0 Å². The molecule has 1 N–H and O–H groups in total. The molecule has 3 heterocycles. The van der Waals surface area contributed by atoms with Crippen LogP contribution in [-0.4, -0.2) is 48.9 Å². The van der Waals surface area contributed by atoms with Crippen molar-refractivity contribution in [1.82, 2.24) is 15.1 Å². The largest absolute Gasteiger partial charge is 0.277 e. The second kappa shape index (κ2) is 4.91. The summed E-state index contributed by atoms with van der Waals surface area (Å²) in [5.41, 5.74) is 1.18. The second-order valence-electron chi connectivity index (χ2n) is 5.80. The molecule has 2 amide bonds. The summed E-state index contributed by atoms with van der Waals surface area (Å²) >= 11 is 0. The molecule has 24 heavy (non-hydrogen) atoms. The highest BCUT2D eigenvalue weighted by molar-refractivity contribution is 7.92. The fourth-order valence-corrected chi connectivity index (χ4v) is 4.63. The normalized spacial score (nSPS) is 17.2. The first-order chi connectivity index (χ1) is 11.4. The molecular weight excluding hydrogens is 332 g/mol. The quantitative estimate of drug-likeness (QED) is 0.809. The van der Waals surface area contributed by atoms with Gasteiger partial charge in [-0.3, -0.25) is 19.6 Å². The van der Waals surface area contributed by atoms with Gasteiger partial charge in [-0.15, -0.1) is 0 Å². The topological polar surface area (TPSA) is 103 Å². The standard InChI is InChI=1S/C15H14N4O4S/c1-18-14(20)11-5-4-10(7-12(11)15(18)21)24(22,23)19-6-2-3-9-8-16-17-13(9)19/h4-5,7-8H,2-3,6H2,1H3,(H,16,17). The molecule has 2 aromatic rings. The SMILES string of the molecule is CN1C(=O)c2ccc(S(=O)(=O)N3CCCc4cn[nH]c43)cc2C1=O. The van der Waals surface area contributed by atoms with Crippen molar-refractivity contribution < 1.29 is 18.0 Å². The van der Waals surface area contributed by atoms with Crippen LogP contribution in [-0.2, 0) is 16.4 Å². The average Bonchev–Trinajstić information content (AvgIpc) is 3.14. The number of hydrogen-bond donors (Lipinski definition) is 1. The molecule has 0 saturated carbocycles. The number of aromatic amines is 1. The lowest BCUT2D eigenvalue weighted by Crippen LogP contribution is -2.35. The third-order valence-electron chi connectivity index (χ3n) is 4.40. The van der Waals surface area contributed by atoms with Gasteiger partial charge in [-0.05, 0) is 31.0 Å². The average molecular weight is 346 g/mol. The molecule has 0 atom stereocenters. The van der Waals surface area contributed by atoms with E-state index in [2.05, 4.69) is 10.2 Å². The van der Waals surface area contributed by atoms with Crippen LogP contribution < -0.4 is 4.31 Å². The maximum atomic E-state index is 13.0. The lowest BCUT2D eigenvalue weighted by molar-refractivity contribution is 0.0693. The summed E-state index contributed by atoms with van der Waals surface area (Å²) in [5, 5.41) is 6.64. The molecule has 0 fully saturated rings. The molecule has 0 unspecified atom stereocenters. The predicted octanol–water partition coefficient (Wildman–Crippen LogP) is 0.777. The molecular formula is C15H14N4O4S. The van der Waals surface area contributed by atoms with E-state index in [4.69, 9.17) is 0 Å². The maximum absolute atomic E-state index is 13.0. The minimum atomic E-state index is -3.85. The molecule has 0 spiro atoms. The Kier molecular flexibility index (Phi) is 3.04. The first-order valence-electron chi connectivity index (χ1n) is 7.42. The molecule has 2 aliphatic rings. The Morgan fingerprint density at radius 1 is 1.17 bits per heavy atom. The monoisotopic (exact) mass is 346 g/mol. The second-order valence-corrected chi connectivity index (χ2v) is 7.66. The molecule has 8 nitrogen and oxygen atoms in total. The van der Waals surface area contributed by atoms with Crippen molar-refractivity contribution in [3.63, 3.8) is 0 Å². The van der Waals surface area contributed by atoms with Crippen molar-refractivity contribution in [3.8, 4) is 0 Å². The number of benzene rings is 1. The Hall–Kier alpha value is -2.68. The zero-order valence-electron chi connectivity index (χ0n) is 12.8. The minimum absolute atomic E-state index is 0.0137. The number of aryl methyl sites for hydroxylation is 1. The fourth-order valence-electron chi connectivity index (χ4n) is 3.10. The summed E-state index contributed by atoms with van der Waals surface area (Å²) in [6.45, 7) is 0.335. The number of nitrogens with one attached hydrogen (secondary N) is 1. The van der Waals surface area contributed by atoms with E-state index in [0.717, 1.165) is 16.9 Å². The van der Waals surface area contributed by atoms with Gasteiger partial charge in [-0.1, -0.05) is 0 Å². The number of nitrogens with zero attached hydrogens (tertiary/aromatic N) is 3. The number of hydrogen-bond acceptors (Lipinski definition) is 5. The van der Waals surface area contributed by atoms with Gasteiger partial charge >= 0.3 is 0 Å². The highest BCUT2D eigenvalue weighted by Gasteiger charge is 2.36. The Morgan fingerprint density at radius 3 is 2.71 bits per heavy atom. The maximum Gasteiger partial charge on any atom is 0.265 e. The van der Waals surface area contributed by atoms with Gasteiger partial charge in [0.15, 0.2) is 0 Å². The number of aromatic nitrogens is 2. The zero-order chi connectivity index (χ0) is 17.1.